The molecule has 0 aromatic heterocycles. The van der Waals surface area contributed by atoms with Crippen LogP contribution in [0, 0.1) is 5.92 Å². The van der Waals surface area contributed by atoms with Gasteiger partial charge in [0.05, 0.1) is 0 Å². The van der Waals surface area contributed by atoms with Crippen LogP contribution in [0.2, 0.25) is 0 Å². The fourth-order valence-electron chi connectivity index (χ4n) is 0.378. The Hall–Kier alpha value is 0.0400. The Kier molecular flexibility index (Phi) is 5.12. The van der Waals surface area contributed by atoms with Gasteiger partial charge in [-0.25, -0.2) is 0 Å². The van der Waals surface area contributed by atoms with E-state index in [0.717, 1.165) is 0 Å². The van der Waals surface area contributed by atoms with Gasteiger partial charge in [-0.05, 0) is 5.92 Å². The molecule has 0 saturated carbocycles. The molecular formula is C5H11ClF3N. The lowest BCUT2D eigenvalue weighted by Gasteiger charge is -2.18. The van der Waals surface area contributed by atoms with Crippen LogP contribution in [0.4, 0.5) is 13.2 Å². The Bertz CT molecular complexity index is 91.4. The average Bonchev–Trinajstić information content (AvgIpc) is 1.62. The van der Waals surface area contributed by atoms with E-state index >= 15 is 0 Å². The molecule has 0 saturated heterocycles. The molecule has 0 fully saturated rings. The summed E-state index contributed by atoms with van der Waals surface area (Å²) in [7, 11) is 0. The molecule has 5 heteroatoms. The van der Waals surface area contributed by atoms with Crippen LogP contribution in [0.15, 0.2) is 0 Å². The van der Waals surface area contributed by atoms with Gasteiger partial charge in [0.15, 0.2) is 0 Å². The standard InChI is InChI=1S/C5H10F3N.ClH/c1-3(2)4(9)5(6,7)8;/h3-4H,9H2,1-2H3;1H/t4-;/m1./s1. The SMILES string of the molecule is CC(C)[C@@H](N)C(F)(F)F.Cl. The van der Waals surface area contributed by atoms with Gasteiger partial charge < -0.3 is 5.73 Å². The van der Waals surface area contributed by atoms with Crippen molar-refractivity contribution in [2.24, 2.45) is 11.7 Å². The molecule has 0 rings (SSSR count). The van der Waals surface area contributed by atoms with Gasteiger partial charge in [-0.15, -0.1) is 12.4 Å². The van der Waals surface area contributed by atoms with Gasteiger partial charge in [0.1, 0.15) is 6.04 Å². The van der Waals surface area contributed by atoms with Crippen molar-refractivity contribution in [3.8, 4) is 0 Å². The predicted octanol–water partition coefficient (Wildman–Crippen LogP) is 1.95. The summed E-state index contributed by atoms with van der Waals surface area (Å²) in [6.45, 7) is 2.89. The molecule has 0 radical (unpaired) electrons. The molecule has 0 bridgehead atoms. The third-order valence-electron chi connectivity index (χ3n) is 1.10. The smallest absolute Gasteiger partial charge is 0.320 e. The minimum Gasteiger partial charge on any atom is -0.320 e. The van der Waals surface area contributed by atoms with E-state index in [2.05, 4.69) is 0 Å². The van der Waals surface area contributed by atoms with E-state index in [0.29, 0.717) is 0 Å². The number of rotatable bonds is 1. The molecule has 0 aliphatic heterocycles. The largest absolute Gasteiger partial charge is 0.403 e. The van der Waals surface area contributed by atoms with Gasteiger partial charge in [-0.2, -0.15) is 13.2 Å². The first-order chi connectivity index (χ1) is 3.85. The molecule has 0 amide bonds. The lowest BCUT2D eigenvalue weighted by atomic mass is 10.1. The maximum Gasteiger partial charge on any atom is 0.403 e. The molecule has 1 nitrogen and oxygen atoms in total. The Morgan fingerprint density at radius 3 is 1.50 bits per heavy atom. The number of nitrogens with two attached hydrogens (primary N) is 1. The van der Waals surface area contributed by atoms with Gasteiger partial charge in [-0.3, -0.25) is 0 Å². The van der Waals surface area contributed by atoms with E-state index in [-0.39, 0.29) is 12.4 Å². The number of alkyl halides is 3. The lowest BCUT2D eigenvalue weighted by Crippen LogP contribution is -2.41. The second-order valence-corrected chi connectivity index (χ2v) is 2.31. The molecule has 0 aliphatic carbocycles. The molecule has 0 spiro atoms. The van der Waals surface area contributed by atoms with Crippen molar-refractivity contribution in [3.05, 3.63) is 0 Å². The Morgan fingerprint density at radius 2 is 1.50 bits per heavy atom. The van der Waals surface area contributed by atoms with E-state index in [4.69, 9.17) is 5.73 Å². The zero-order chi connectivity index (χ0) is 7.65. The second-order valence-electron chi connectivity index (χ2n) is 2.31. The lowest BCUT2D eigenvalue weighted by molar-refractivity contribution is -0.156. The molecule has 0 aromatic carbocycles. The monoisotopic (exact) mass is 177 g/mol. The minimum absolute atomic E-state index is 0. The van der Waals surface area contributed by atoms with Crippen molar-refractivity contribution in [1.29, 1.82) is 0 Å². The summed E-state index contributed by atoms with van der Waals surface area (Å²) in [4.78, 5) is 0. The fraction of sp³-hybridized carbons (Fsp3) is 1.00. The van der Waals surface area contributed by atoms with Crippen molar-refractivity contribution in [3.63, 3.8) is 0 Å². The molecule has 0 unspecified atom stereocenters. The van der Waals surface area contributed by atoms with Crippen LogP contribution < -0.4 is 5.73 Å². The first kappa shape index (κ1) is 12.7. The highest BCUT2D eigenvalue weighted by atomic mass is 35.5. The number of hydrogen-bond donors (Lipinski definition) is 1. The van der Waals surface area contributed by atoms with Gasteiger partial charge in [0.25, 0.3) is 0 Å². The van der Waals surface area contributed by atoms with Gasteiger partial charge in [-0.1, -0.05) is 13.8 Å². The molecule has 10 heavy (non-hydrogen) atoms. The predicted molar refractivity (Wildman–Crippen MR) is 36.1 cm³/mol. The van der Waals surface area contributed by atoms with E-state index in [1.54, 1.807) is 0 Å². The average molecular weight is 178 g/mol. The summed E-state index contributed by atoms with van der Waals surface area (Å²) in [5.74, 6) is -0.537. The number of halogens is 4. The number of hydrogen-bond acceptors (Lipinski definition) is 1. The highest BCUT2D eigenvalue weighted by molar-refractivity contribution is 5.85. The van der Waals surface area contributed by atoms with E-state index in [1.807, 2.05) is 0 Å². The van der Waals surface area contributed by atoms with Crippen LogP contribution in [-0.4, -0.2) is 12.2 Å². The van der Waals surface area contributed by atoms with E-state index in [1.165, 1.54) is 13.8 Å². The van der Waals surface area contributed by atoms with Gasteiger partial charge in [0, 0.05) is 0 Å². The Balaban J connectivity index is 0. The van der Waals surface area contributed by atoms with E-state index < -0.39 is 18.1 Å². The van der Waals surface area contributed by atoms with Crippen LogP contribution in [0.3, 0.4) is 0 Å². The van der Waals surface area contributed by atoms with Crippen LogP contribution in [0.1, 0.15) is 13.8 Å². The highest BCUT2D eigenvalue weighted by Gasteiger charge is 2.38. The second kappa shape index (κ2) is 4.03. The van der Waals surface area contributed by atoms with E-state index in [9.17, 15) is 13.2 Å². The summed E-state index contributed by atoms with van der Waals surface area (Å²) in [5.41, 5.74) is 4.77. The maximum absolute atomic E-state index is 11.6. The third-order valence-corrected chi connectivity index (χ3v) is 1.10. The van der Waals surface area contributed by atoms with Crippen LogP contribution in [0.5, 0.6) is 0 Å². The molecule has 64 valence electrons. The molecule has 0 aromatic rings. The fourth-order valence-corrected chi connectivity index (χ4v) is 0.378. The third kappa shape index (κ3) is 3.95. The first-order valence-electron chi connectivity index (χ1n) is 2.68. The summed E-state index contributed by atoms with van der Waals surface area (Å²) < 4.78 is 34.7. The van der Waals surface area contributed by atoms with Crippen LogP contribution in [-0.2, 0) is 0 Å². The quantitative estimate of drug-likeness (QED) is 0.651. The summed E-state index contributed by atoms with van der Waals surface area (Å²) in [5, 5.41) is 0. The minimum atomic E-state index is -4.24. The molecule has 0 heterocycles. The highest BCUT2D eigenvalue weighted by Crippen LogP contribution is 2.22. The summed E-state index contributed by atoms with van der Waals surface area (Å²) in [6, 6.07) is -1.68. The van der Waals surface area contributed by atoms with Crippen molar-refractivity contribution < 1.29 is 13.2 Å². The molecule has 1 atom stereocenters. The molecule has 0 aliphatic rings. The summed E-state index contributed by atoms with van der Waals surface area (Å²) >= 11 is 0. The Morgan fingerprint density at radius 1 is 1.20 bits per heavy atom. The van der Waals surface area contributed by atoms with Gasteiger partial charge >= 0.3 is 6.18 Å². The molecular weight excluding hydrogens is 167 g/mol. The van der Waals surface area contributed by atoms with Gasteiger partial charge in [0.2, 0.25) is 0 Å². The first-order valence-corrected chi connectivity index (χ1v) is 2.68. The zero-order valence-corrected chi connectivity index (χ0v) is 6.59. The van der Waals surface area contributed by atoms with Crippen LogP contribution >= 0.6 is 12.4 Å². The normalized spacial score (nSPS) is 14.7. The van der Waals surface area contributed by atoms with Crippen molar-refractivity contribution in [2.45, 2.75) is 26.1 Å². The molecule has 2 N–H and O–H groups in total. The van der Waals surface area contributed by atoms with Crippen LogP contribution in [0.25, 0.3) is 0 Å². The van der Waals surface area contributed by atoms with Crippen molar-refractivity contribution >= 4 is 12.4 Å². The Labute approximate surface area is 64.2 Å². The maximum atomic E-state index is 11.6. The van der Waals surface area contributed by atoms with Crippen molar-refractivity contribution in [2.75, 3.05) is 0 Å². The topological polar surface area (TPSA) is 26.0 Å². The summed E-state index contributed by atoms with van der Waals surface area (Å²) in [6.07, 6.45) is -4.24. The van der Waals surface area contributed by atoms with Crippen molar-refractivity contribution in [1.82, 2.24) is 0 Å². The zero-order valence-electron chi connectivity index (χ0n) is 5.77.